The molecule has 3 aromatic rings. The average Bonchev–Trinajstić information content (AvgIpc) is 3.10. The minimum absolute atomic E-state index is 0.0174. The van der Waals surface area contributed by atoms with Crippen molar-refractivity contribution in [2.75, 3.05) is 0 Å². The van der Waals surface area contributed by atoms with E-state index in [4.69, 9.17) is 4.42 Å². The number of aromatic nitrogens is 2. The summed E-state index contributed by atoms with van der Waals surface area (Å²) in [6.07, 6.45) is 0. The highest BCUT2D eigenvalue weighted by Gasteiger charge is 2.21. The first-order valence-corrected chi connectivity index (χ1v) is 8.66. The summed E-state index contributed by atoms with van der Waals surface area (Å²) >= 11 is 1.02. The third kappa shape index (κ3) is 4.68. The van der Waals surface area contributed by atoms with E-state index in [1.807, 2.05) is 0 Å². The molecule has 140 valence electrons. The van der Waals surface area contributed by atoms with Gasteiger partial charge in [0.1, 0.15) is 11.6 Å². The number of thioether (sulfide) groups is 1. The molecule has 0 saturated carbocycles. The standard InChI is InChI=1S/C18H13F3N2O3S/c1-10(15(24)11-6-8-12(9-7-11)25-17(20)21)27-18-23-22-16(26-18)13-4-2-3-5-14(13)19/h2-10,17H,1H3/t10-/m0/s1. The predicted molar refractivity (Wildman–Crippen MR) is 92.4 cm³/mol. The number of rotatable bonds is 7. The summed E-state index contributed by atoms with van der Waals surface area (Å²) in [6.45, 7) is -1.29. The van der Waals surface area contributed by atoms with Gasteiger partial charge in [-0.3, -0.25) is 4.79 Å². The third-order valence-corrected chi connectivity index (χ3v) is 4.46. The number of alkyl halides is 2. The second-order valence-corrected chi connectivity index (χ2v) is 6.67. The number of carbonyl (C=O) groups excluding carboxylic acids is 1. The average molecular weight is 394 g/mol. The highest BCUT2D eigenvalue weighted by molar-refractivity contribution is 8.00. The fourth-order valence-corrected chi connectivity index (χ4v) is 3.00. The molecule has 0 aliphatic rings. The van der Waals surface area contributed by atoms with Gasteiger partial charge in [-0.2, -0.15) is 8.78 Å². The lowest BCUT2D eigenvalue weighted by Crippen LogP contribution is -2.13. The Kier molecular flexibility index (Phi) is 5.80. The number of nitrogens with zero attached hydrogens (tertiary/aromatic N) is 2. The highest BCUT2D eigenvalue weighted by atomic mass is 32.2. The van der Waals surface area contributed by atoms with Gasteiger partial charge in [0.15, 0.2) is 5.78 Å². The quantitative estimate of drug-likeness (QED) is 0.422. The summed E-state index contributed by atoms with van der Waals surface area (Å²) in [6, 6.07) is 11.4. The van der Waals surface area contributed by atoms with Crippen LogP contribution in [0.2, 0.25) is 0 Å². The summed E-state index contributed by atoms with van der Waals surface area (Å²) in [5.74, 6) is -0.765. The molecule has 3 rings (SSSR count). The van der Waals surface area contributed by atoms with Crippen LogP contribution in [-0.4, -0.2) is 27.8 Å². The number of benzene rings is 2. The minimum atomic E-state index is -2.93. The number of ether oxygens (including phenoxy) is 1. The van der Waals surface area contributed by atoms with E-state index < -0.39 is 17.7 Å². The van der Waals surface area contributed by atoms with E-state index >= 15 is 0 Å². The lowest BCUT2D eigenvalue weighted by Gasteiger charge is -2.09. The first-order chi connectivity index (χ1) is 12.9. The molecule has 2 aromatic carbocycles. The van der Waals surface area contributed by atoms with Gasteiger partial charge in [0, 0.05) is 5.56 Å². The molecule has 5 nitrogen and oxygen atoms in total. The Balaban J connectivity index is 1.67. The molecule has 0 aliphatic carbocycles. The predicted octanol–water partition coefficient (Wildman–Crippen LogP) is 4.84. The molecule has 0 N–H and O–H groups in total. The number of hydrogen-bond donors (Lipinski definition) is 0. The van der Waals surface area contributed by atoms with Crippen molar-refractivity contribution in [3.05, 3.63) is 59.9 Å². The third-order valence-electron chi connectivity index (χ3n) is 3.52. The normalized spacial score (nSPS) is 12.2. The molecule has 0 saturated heterocycles. The summed E-state index contributed by atoms with van der Waals surface area (Å²) in [4.78, 5) is 12.5. The second kappa shape index (κ2) is 8.26. The SMILES string of the molecule is C[C@H](Sc1nnc(-c2ccccc2F)o1)C(=O)c1ccc(OC(F)F)cc1. The Hall–Kier alpha value is -2.81. The maximum absolute atomic E-state index is 13.8. The molecular formula is C18H13F3N2O3S. The van der Waals surface area contributed by atoms with Crippen molar-refractivity contribution >= 4 is 17.5 Å². The fourth-order valence-electron chi connectivity index (χ4n) is 2.24. The van der Waals surface area contributed by atoms with Crippen LogP contribution in [0, 0.1) is 5.82 Å². The summed E-state index contributed by atoms with van der Waals surface area (Å²) in [5.41, 5.74) is 0.496. The Morgan fingerprint density at radius 3 is 2.48 bits per heavy atom. The van der Waals surface area contributed by atoms with Gasteiger partial charge >= 0.3 is 6.61 Å². The van der Waals surface area contributed by atoms with E-state index in [0.717, 1.165) is 11.8 Å². The van der Waals surface area contributed by atoms with Crippen molar-refractivity contribution in [2.45, 2.75) is 24.0 Å². The lowest BCUT2D eigenvalue weighted by molar-refractivity contribution is -0.0498. The molecule has 1 atom stereocenters. The molecule has 27 heavy (non-hydrogen) atoms. The highest BCUT2D eigenvalue weighted by Crippen LogP contribution is 2.29. The topological polar surface area (TPSA) is 65.2 Å². The minimum Gasteiger partial charge on any atom is -0.435 e. The molecule has 0 spiro atoms. The number of Topliss-reactive ketones (excluding diaryl/α,β-unsaturated/α-hetero) is 1. The van der Waals surface area contributed by atoms with Gasteiger partial charge in [0.2, 0.25) is 0 Å². The zero-order chi connectivity index (χ0) is 19.4. The molecule has 1 heterocycles. The number of hydrogen-bond acceptors (Lipinski definition) is 6. The Bertz CT molecular complexity index is 932. The fraction of sp³-hybridized carbons (Fsp3) is 0.167. The van der Waals surface area contributed by atoms with Crippen molar-refractivity contribution in [1.82, 2.24) is 10.2 Å². The number of halogens is 3. The van der Waals surface area contributed by atoms with Crippen LogP contribution in [0.5, 0.6) is 5.75 Å². The van der Waals surface area contributed by atoms with Crippen LogP contribution in [0.3, 0.4) is 0 Å². The molecular weight excluding hydrogens is 381 g/mol. The van der Waals surface area contributed by atoms with Gasteiger partial charge in [-0.05, 0) is 43.3 Å². The zero-order valence-electron chi connectivity index (χ0n) is 13.9. The number of ketones is 1. The van der Waals surface area contributed by atoms with Crippen LogP contribution in [-0.2, 0) is 0 Å². The van der Waals surface area contributed by atoms with Crippen LogP contribution in [0.1, 0.15) is 17.3 Å². The van der Waals surface area contributed by atoms with Crippen LogP contribution >= 0.6 is 11.8 Å². The monoisotopic (exact) mass is 394 g/mol. The Morgan fingerprint density at radius 1 is 1.11 bits per heavy atom. The lowest BCUT2D eigenvalue weighted by atomic mass is 10.1. The first-order valence-electron chi connectivity index (χ1n) is 7.78. The van der Waals surface area contributed by atoms with Gasteiger partial charge in [-0.25, -0.2) is 4.39 Å². The maximum atomic E-state index is 13.8. The van der Waals surface area contributed by atoms with E-state index in [9.17, 15) is 18.0 Å². The molecule has 0 unspecified atom stereocenters. The summed E-state index contributed by atoms with van der Waals surface area (Å²) < 4.78 is 47.7. The molecule has 0 aliphatic heterocycles. The van der Waals surface area contributed by atoms with E-state index in [2.05, 4.69) is 14.9 Å². The Morgan fingerprint density at radius 2 is 1.81 bits per heavy atom. The molecule has 9 heteroatoms. The van der Waals surface area contributed by atoms with Gasteiger partial charge < -0.3 is 9.15 Å². The van der Waals surface area contributed by atoms with Crippen molar-refractivity contribution in [1.29, 1.82) is 0 Å². The molecule has 0 radical (unpaired) electrons. The molecule has 0 fully saturated rings. The van der Waals surface area contributed by atoms with Crippen molar-refractivity contribution in [2.24, 2.45) is 0 Å². The van der Waals surface area contributed by atoms with Gasteiger partial charge in [-0.15, -0.1) is 10.2 Å². The van der Waals surface area contributed by atoms with E-state index in [0.29, 0.717) is 5.56 Å². The van der Waals surface area contributed by atoms with Gasteiger partial charge in [0.05, 0.1) is 10.8 Å². The van der Waals surface area contributed by atoms with Crippen molar-refractivity contribution < 1.29 is 27.1 Å². The van der Waals surface area contributed by atoms with Gasteiger partial charge in [0.25, 0.3) is 11.1 Å². The van der Waals surface area contributed by atoms with Crippen LogP contribution in [0.4, 0.5) is 13.2 Å². The van der Waals surface area contributed by atoms with Crippen molar-refractivity contribution in [3.8, 4) is 17.2 Å². The van der Waals surface area contributed by atoms with Crippen LogP contribution in [0.15, 0.2) is 58.2 Å². The number of carbonyl (C=O) groups is 1. The largest absolute Gasteiger partial charge is 0.435 e. The van der Waals surface area contributed by atoms with E-state index in [-0.39, 0.29) is 28.2 Å². The molecule has 1 aromatic heterocycles. The maximum Gasteiger partial charge on any atom is 0.387 e. The second-order valence-electron chi connectivity index (χ2n) is 5.38. The van der Waals surface area contributed by atoms with Crippen molar-refractivity contribution in [3.63, 3.8) is 0 Å². The summed E-state index contributed by atoms with van der Waals surface area (Å²) in [7, 11) is 0. The van der Waals surface area contributed by atoms with Gasteiger partial charge in [-0.1, -0.05) is 23.9 Å². The Labute approximate surface area is 156 Å². The van der Waals surface area contributed by atoms with E-state index in [1.165, 1.54) is 36.4 Å². The van der Waals surface area contributed by atoms with Crippen LogP contribution in [0.25, 0.3) is 11.5 Å². The summed E-state index contributed by atoms with van der Waals surface area (Å²) in [5, 5.41) is 7.15. The van der Waals surface area contributed by atoms with E-state index in [1.54, 1.807) is 19.1 Å². The smallest absolute Gasteiger partial charge is 0.387 e. The first kappa shape index (κ1) is 19.0. The molecule has 0 amide bonds. The van der Waals surface area contributed by atoms with Crippen LogP contribution < -0.4 is 4.74 Å². The molecule has 0 bridgehead atoms. The zero-order valence-corrected chi connectivity index (χ0v) is 14.8.